The first-order valence-electron chi connectivity index (χ1n) is 10.3. The zero-order chi connectivity index (χ0) is 24.5. The van der Waals surface area contributed by atoms with E-state index in [-0.39, 0.29) is 34.2 Å². The summed E-state index contributed by atoms with van der Waals surface area (Å²) in [5, 5.41) is 6.58. The molecule has 0 saturated heterocycles. The van der Waals surface area contributed by atoms with E-state index in [1.807, 2.05) is 30.3 Å². The average Bonchev–Trinajstić information content (AvgIpc) is 3.13. The summed E-state index contributed by atoms with van der Waals surface area (Å²) in [6.45, 7) is 1.25. The molecule has 1 unspecified atom stereocenters. The van der Waals surface area contributed by atoms with Crippen molar-refractivity contribution >= 4 is 16.9 Å². The molecule has 0 aliphatic rings. The number of nitrogens with zero attached hydrogens (tertiary/aromatic N) is 3. The zero-order valence-corrected chi connectivity index (χ0v) is 18.2. The van der Waals surface area contributed by atoms with Crippen molar-refractivity contribution in [3.8, 4) is 17.1 Å². The third kappa shape index (κ3) is 4.85. The number of carbonyl (C=O) groups excluding carboxylic acids is 1. The van der Waals surface area contributed by atoms with Gasteiger partial charge >= 0.3 is 6.18 Å². The van der Waals surface area contributed by atoms with E-state index in [0.717, 1.165) is 22.4 Å². The smallest absolute Gasteiger partial charge is 0.417 e. The van der Waals surface area contributed by atoms with Gasteiger partial charge in [0.15, 0.2) is 12.3 Å². The molecule has 1 amide bonds. The third-order valence-electron chi connectivity index (χ3n) is 5.20. The molecule has 0 radical (unpaired) electrons. The Morgan fingerprint density at radius 3 is 2.53 bits per heavy atom. The van der Waals surface area contributed by atoms with Gasteiger partial charge in [-0.15, -0.1) is 0 Å². The van der Waals surface area contributed by atoms with Gasteiger partial charge in [0.1, 0.15) is 11.5 Å². The lowest BCUT2D eigenvalue weighted by molar-refractivity contribution is -0.136. The van der Waals surface area contributed by atoms with Gasteiger partial charge in [-0.3, -0.25) is 4.79 Å². The van der Waals surface area contributed by atoms with E-state index in [1.54, 1.807) is 6.92 Å². The van der Waals surface area contributed by atoms with Crippen LogP contribution in [-0.2, 0) is 18.0 Å². The van der Waals surface area contributed by atoms with E-state index in [1.165, 1.54) is 25.2 Å². The zero-order valence-electron chi connectivity index (χ0n) is 18.2. The maximum Gasteiger partial charge on any atom is 0.417 e. The van der Waals surface area contributed by atoms with E-state index in [0.29, 0.717) is 0 Å². The van der Waals surface area contributed by atoms with Gasteiger partial charge < -0.3 is 10.1 Å². The van der Waals surface area contributed by atoms with Crippen molar-refractivity contribution in [3.05, 3.63) is 77.6 Å². The molecule has 6 nitrogen and oxygen atoms in total. The number of alkyl halides is 3. The molecule has 4 rings (SSSR count). The van der Waals surface area contributed by atoms with Crippen LogP contribution >= 0.6 is 0 Å². The van der Waals surface area contributed by atoms with Crippen LogP contribution in [0.3, 0.4) is 0 Å². The molecule has 0 aliphatic heterocycles. The molecule has 176 valence electrons. The highest BCUT2D eigenvalue weighted by Gasteiger charge is 2.36. The van der Waals surface area contributed by atoms with Crippen molar-refractivity contribution in [1.29, 1.82) is 0 Å². The standard InChI is InChI=1S/C24H20F4N4O2/c1-14(15-7-4-3-5-8-15)29-19(33)13-34-20-12-18(24(26,27)28)21-22(31-32(2)23(21)30-20)16-9-6-10-17(25)11-16/h3-12,14H,13H2,1-2H3,(H,29,33). The van der Waals surface area contributed by atoms with Gasteiger partial charge in [-0.2, -0.15) is 23.3 Å². The van der Waals surface area contributed by atoms with Crippen molar-refractivity contribution in [2.75, 3.05) is 6.61 Å². The normalized spacial score (nSPS) is 12.5. The summed E-state index contributed by atoms with van der Waals surface area (Å²) >= 11 is 0. The molecular formula is C24H20F4N4O2. The highest BCUT2D eigenvalue weighted by atomic mass is 19.4. The molecule has 0 bridgehead atoms. The minimum Gasteiger partial charge on any atom is -0.467 e. The number of amides is 1. The maximum atomic E-state index is 14.0. The quantitative estimate of drug-likeness (QED) is 0.399. The van der Waals surface area contributed by atoms with E-state index in [4.69, 9.17) is 4.74 Å². The number of nitrogens with one attached hydrogen (secondary N) is 1. The van der Waals surface area contributed by atoms with Gasteiger partial charge in [0.2, 0.25) is 5.88 Å². The van der Waals surface area contributed by atoms with E-state index in [9.17, 15) is 22.4 Å². The Labute approximate surface area is 192 Å². The lowest BCUT2D eigenvalue weighted by Gasteiger charge is -2.15. The Balaban J connectivity index is 1.63. The highest BCUT2D eigenvalue weighted by Crippen LogP contribution is 2.40. The Hall–Kier alpha value is -3.95. The van der Waals surface area contributed by atoms with E-state index < -0.39 is 30.1 Å². The second kappa shape index (κ2) is 9.12. The number of halogens is 4. The van der Waals surface area contributed by atoms with Crippen LogP contribution in [0.1, 0.15) is 24.1 Å². The van der Waals surface area contributed by atoms with Crippen LogP contribution in [0.25, 0.3) is 22.3 Å². The fraction of sp³-hybridized carbons (Fsp3) is 0.208. The number of fused-ring (bicyclic) bond motifs is 1. The molecule has 34 heavy (non-hydrogen) atoms. The van der Waals surface area contributed by atoms with E-state index in [2.05, 4.69) is 15.4 Å². The Kier molecular flexibility index (Phi) is 6.23. The first-order valence-corrected chi connectivity index (χ1v) is 10.3. The van der Waals surface area contributed by atoms with Crippen LogP contribution in [0.15, 0.2) is 60.7 Å². The van der Waals surface area contributed by atoms with Gasteiger partial charge in [0, 0.05) is 18.7 Å². The van der Waals surface area contributed by atoms with Crippen LogP contribution in [0.2, 0.25) is 0 Å². The topological polar surface area (TPSA) is 69.0 Å². The number of aryl methyl sites for hydroxylation is 1. The highest BCUT2D eigenvalue weighted by molar-refractivity contribution is 5.94. The fourth-order valence-electron chi connectivity index (χ4n) is 3.61. The van der Waals surface area contributed by atoms with Gasteiger partial charge in [-0.25, -0.2) is 9.07 Å². The van der Waals surface area contributed by atoms with Crippen molar-refractivity contribution in [2.24, 2.45) is 7.05 Å². The SMILES string of the molecule is CC(NC(=O)COc1cc(C(F)(F)F)c2c(-c3cccc(F)c3)nn(C)c2n1)c1ccccc1. The Morgan fingerprint density at radius 1 is 1.12 bits per heavy atom. The number of ether oxygens (including phenoxy) is 1. The number of carbonyl (C=O) groups is 1. The first-order chi connectivity index (χ1) is 16.1. The lowest BCUT2D eigenvalue weighted by atomic mass is 10.0. The molecule has 0 spiro atoms. The summed E-state index contributed by atoms with van der Waals surface area (Å²) in [5.41, 5.74) is -0.159. The molecule has 0 fully saturated rings. The van der Waals surface area contributed by atoms with Crippen LogP contribution in [0.5, 0.6) is 5.88 Å². The first kappa shape index (κ1) is 23.2. The summed E-state index contributed by atoms with van der Waals surface area (Å²) in [4.78, 5) is 16.4. The van der Waals surface area contributed by atoms with Crippen LogP contribution < -0.4 is 10.1 Å². The maximum absolute atomic E-state index is 14.0. The van der Waals surface area contributed by atoms with Gasteiger partial charge in [-0.1, -0.05) is 42.5 Å². The predicted molar refractivity (Wildman–Crippen MR) is 117 cm³/mol. The minimum atomic E-state index is -4.77. The number of rotatable bonds is 6. The minimum absolute atomic E-state index is 0.0576. The Bertz CT molecular complexity index is 1340. The molecule has 4 aromatic rings. The predicted octanol–water partition coefficient (Wildman–Crippen LogP) is 5.05. The summed E-state index contributed by atoms with van der Waals surface area (Å²) in [6, 6.07) is 14.7. The number of hydrogen-bond donors (Lipinski definition) is 1. The molecule has 1 atom stereocenters. The van der Waals surface area contributed by atoms with Crippen molar-refractivity contribution in [3.63, 3.8) is 0 Å². The summed E-state index contributed by atoms with van der Waals surface area (Å²) in [5.74, 6) is -1.50. The van der Waals surface area contributed by atoms with Crippen LogP contribution in [0, 0.1) is 5.82 Å². The number of benzene rings is 2. The lowest BCUT2D eigenvalue weighted by Crippen LogP contribution is -2.31. The summed E-state index contributed by atoms with van der Waals surface area (Å²) in [6.07, 6.45) is -4.77. The van der Waals surface area contributed by atoms with Crippen LogP contribution in [-0.4, -0.2) is 27.3 Å². The number of aromatic nitrogens is 3. The monoisotopic (exact) mass is 472 g/mol. The summed E-state index contributed by atoms with van der Waals surface area (Å²) < 4.78 is 62.1. The molecule has 2 aromatic heterocycles. The van der Waals surface area contributed by atoms with Crippen molar-refractivity contribution in [2.45, 2.75) is 19.1 Å². The average molecular weight is 472 g/mol. The van der Waals surface area contributed by atoms with Crippen LogP contribution in [0.4, 0.5) is 17.6 Å². The van der Waals surface area contributed by atoms with Crippen molar-refractivity contribution in [1.82, 2.24) is 20.1 Å². The molecule has 10 heteroatoms. The molecule has 1 N–H and O–H groups in total. The Morgan fingerprint density at radius 2 is 1.85 bits per heavy atom. The molecular weight excluding hydrogens is 452 g/mol. The fourth-order valence-corrected chi connectivity index (χ4v) is 3.61. The second-order valence-electron chi connectivity index (χ2n) is 7.68. The second-order valence-corrected chi connectivity index (χ2v) is 7.68. The van der Waals surface area contributed by atoms with Gasteiger partial charge in [0.05, 0.1) is 17.0 Å². The summed E-state index contributed by atoms with van der Waals surface area (Å²) in [7, 11) is 1.43. The molecule has 0 saturated carbocycles. The van der Waals surface area contributed by atoms with Gasteiger partial charge in [0.25, 0.3) is 5.91 Å². The molecule has 0 aliphatic carbocycles. The molecule has 2 aromatic carbocycles. The number of hydrogen-bond acceptors (Lipinski definition) is 4. The molecule has 2 heterocycles. The van der Waals surface area contributed by atoms with E-state index >= 15 is 0 Å². The largest absolute Gasteiger partial charge is 0.467 e. The third-order valence-corrected chi connectivity index (χ3v) is 5.20. The van der Waals surface area contributed by atoms with Crippen molar-refractivity contribution < 1.29 is 27.1 Å². The van der Waals surface area contributed by atoms with Gasteiger partial charge in [-0.05, 0) is 24.6 Å². The number of pyridine rings is 1.